The molecule has 0 atom stereocenters. The first-order valence-corrected chi connectivity index (χ1v) is 5.55. The van der Waals surface area contributed by atoms with E-state index < -0.39 is 0 Å². The molecule has 0 aliphatic heterocycles. The molecule has 0 heterocycles. The molecule has 0 saturated heterocycles. The Morgan fingerprint density at radius 1 is 1.31 bits per heavy atom. The highest BCUT2D eigenvalue weighted by molar-refractivity contribution is 6.32. The van der Waals surface area contributed by atoms with Gasteiger partial charge in [0, 0.05) is 12.5 Å². The Bertz CT molecular complexity index is 388. The van der Waals surface area contributed by atoms with Crippen molar-refractivity contribution in [2.45, 2.75) is 20.3 Å². The van der Waals surface area contributed by atoms with Gasteiger partial charge in [-0.15, -0.1) is 0 Å². The molecule has 4 heteroatoms. The number of hydrogen-bond donors (Lipinski definition) is 0. The first-order chi connectivity index (χ1) is 7.63. The molecule has 0 bridgehead atoms. The first-order valence-electron chi connectivity index (χ1n) is 5.17. The van der Waals surface area contributed by atoms with E-state index in [0.717, 1.165) is 0 Å². The molecule has 1 aromatic carbocycles. The molecular weight excluding hydrogens is 228 g/mol. The van der Waals surface area contributed by atoms with Gasteiger partial charge in [0.25, 0.3) is 0 Å². The third-order valence-corrected chi connectivity index (χ3v) is 2.47. The number of rotatable bonds is 5. The second-order valence-electron chi connectivity index (χ2n) is 3.19. The van der Waals surface area contributed by atoms with Crippen LogP contribution >= 0.6 is 11.6 Å². The maximum Gasteiger partial charge on any atom is 0.166 e. The molecule has 0 N–H and O–H groups in total. The van der Waals surface area contributed by atoms with Crippen LogP contribution in [0.4, 0.5) is 0 Å². The van der Waals surface area contributed by atoms with E-state index in [4.69, 9.17) is 21.1 Å². The molecule has 0 aromatic heterocycles. The maximum absolute atomic E-state index is 11.7. The Morgan fingerprint density at radius 3 is 2.50 bits per heavy atom. The fourth-order valence-electron chi connectivity index (χ4n) is 1.37. The molecule has 0 fully saturated rings. The fraction of sp³-hybridized carbons (Fsp3) is 0.417. The zero-order valence-electron chi connectivity index (χ0n) is 9.67. The molecule has 0 aliphatic carbocycles. The van der Waals surface area contributed by atoms with Crippen molar-refractivity contribution in [1.29, 1.82) is 0 Å². The lowest BCUT2D eigenvalue weighted by Crippen LogP contribution is -2.03. The number of hydrogen-bond acceptors (Lipinski definition) is 3. The molecule has 88 valence electrons. The fourth-order valence-corrected chi connectivity index (χ4v) is 1.62. The molecule has 3 nitrogen and oxygen atoms in total. The van der Waals surface area contributed by atoms with E-state index in [1.54, 1.807) is 19.1 Å². The van der Waals surface area contributed by atoms with Crippen molar-refractivity contribution in [2.24, 2.45) is 0 Å². The van der Waals surface area contributed by atoms with Crippen LogP contribution in [0.15, 0.2) is 12.1 Å². The standard InChI is InChI=1S/C12H15ClO3/c1-4-10(14)8-6-9(13)12(15-3)7-11(8)16-5-2/h6-7H,4-5H2,1-3H3. The Labute approximate surface area is 100 Å². The molecule has 16 heavy (non-hydrogen) atoms. The number of ketones is 1. The van der Waals surface area contributed by atoms with Gasteiger partial charge >= 0.3 is 0 Å². The van der Waals surface area contributed by atoms with Gasteiger partial charge in [-0.25, -0.2) is 0 Å². The molecule has 0 saturated carbocycles. The normalized spacial score (nSPS) is 10.0. The summed E-state index contributed by atoms with van der Waals surface area (Å²) in [5.41, 5.74) is 0.509. The summed E-state index contributed by atoms with van der Waals surface area (Å²) in [7, 11) is 1.53. The van der Waals surface area contributed by atoms with Crippen LogP contribution in [0.3, 0.4) is 0 Å². The Kier molecular flexibility index (Phi) is 4.62. The van der Waals surface area contributed by atoms with Crippen molar-refractivity contribution in [2.75, 3.05) is 13.7 Å². The number of Topliss-reactive ketones (excluding diaryl/α,β-unsaturated/α-hetero) is 1. The Morgan fingerprint density at radius 2 is 2.00 bits per heavy atom. The van der Waals surface area contributed by atoms with E-state index in [2.05, 4.69) is 0 Å². The van der Waals surface area contributed by atoms with Crippen LogP contribution in [0.2, 0.25) is 5.02 Å². The smallest absolute Gasteiger partial charge is 0.166 e. The quantitative estimate of drug-likeness (QED) is 0.743. The van der Waals surface area contributed by atoms with E-state index >= 15 is 0 Å². The third-order valence-electron chi connectivity index (χ3n) is 2.18. The van der Waals surface area contributed by atoms with Crippen molar-refractivity contribution in [1.82, 2.24) is 0 Å². The average Bonchev–Trinajstić information content (AvgIpc) is 2.30. The third kappa shape index (κ3) is 2.67. The number of methoxy groups -OCH3 is 1. The van der Waals surface area contributed by atoms with Crippen LogP contribution in [-0.2, 0) is 0 Å². The zero-order valence-corrected chi connectivity index (χ0v) is 10.4. The van der Waals surface area contributed by atoms with Gasteiger partial charge < -0.3 is 9.47 Å². The summed E-state index contributed by atoms with van der Waals surface area (Å²) in [5.74, 6) is 1.04. The molecular formula is C12H15ClO3. The average molecular weight is 243 g/mol. The van der Waals surface area contributed by atoms with E-state index in [9.17, 15) is 4.79 Å². The van der Waals surface area contributed by atoms with E-state index in [1.165, 1.54) is 7.11 Å². The summed E-state index contributed by atoms with van der Waals surface area (Å²) in [6, 6.07) is 3.24. The minimum Gasteiger partial charge on any atom is -0.495 e. The monoisotopic (exact) mass is 242 g/mol. The highest BCUT2D eigenvalue weighted by atomic mass is 35.5. The molecule has 1 rings (SSSR count). The molecule has 0 unspecified atom stereocenters. The maximum atomic E-state index is 11.7. The highest BCUT2D eigenvalue weighted by Crippen LogP contribution is 2.33. The number of carbonyl (C=O) groups excluding carboxylic acids is 1. The molecule has 1 aromatic rings. The van der Waals surface area contributed by atoms with Crippen LogP contribution in [0, 0.1) is 0 Å². The van der Waals surface area contributed by atoms with Gasteiger partial charge in [0.15, 0.2) is 5.78 Å². The van der Waals surface area contributed by atoms with Gasteiger partial charge in [0.2, 0.25) is 0 Å². The van der Waals surface area contributed by atoms with Crippen LogP contribution in [0.25, 0.3) is 0 Å². The molecule has 0 amide bonds. The summed E-state index contributed by atoms with van der Waals surface area (Å²) in [6.07, 6.45) is 0.419. The van der Waals surface area contributed by atoms with Crippen molar-refractivity contribution in [3.63, 3.8) is 0 Å². The zero-order chi connectivity index (χ0) is 12.1. The van der Waals surface area contributed by atoms with Gasteiger partial charge in [-0.1, -0.05) is 18.5 Å². The van der Waals surface area contributed by atoms with Crippen molar-refractivity contribution >= 4 is 17.4 Å². The highest BCUT2D eigenvalue weighted by Gasteiger charge is 2.15. The second-order valence-corrected chi connectivity index (χ2v) is 3.60. The van der Waals surface area contributed by atoms with Gasteiger partial charge in [-0.2, -0.15) is 0 Å². The van der Waals surface area contributed by atoms with Crippen molar-refractivity contribution in [3.05, 3.63) is 22.7 Å². The predicted molar refractivity (Wildman–Crippen MR) is 63.8 cm³/mol. The molecule has 0 aliphatic rings. The first kappa shape index (κ1) is 12.8. The summed E-state index contributed by atoms with van der Waals surface area (Å²) < 4.78 is 10.5. The summed E-state index contributed by atoms with van der Waals surface area (Å²) in [4.78, 5) is 11.7. The summed E-state index contributed by atoms with van der Waals surface area (Å²) >= 11 is 5.97. The topological polar surface area (TPSA) is 35.5 Å². The van der Waals surface area contributed by atoms with E-state index in [1.807, 2.05) is 6.92 Å². The van der Waals surface area contributed by atoms with Gasteiger partial charge in [0.05, 0.1) is 24.3 Å². The number of ether oxygens (including phenoxy) is 2. The van der Waals surface area contributed by atoms with Crippen LogP contribution in [-0.4, -0.2) is 19.5 Å². The lowest BCUT2D eigenvalue weighted by atomic mass is 10.1. The van der Waals surface area contributed by atoms with Gasteiger partial charge in [0.1, 0.15) is 11.5 Å². The number of benzene rings is 1. The second kappa shape index (κ2) is 5.75. The number of carbonyl (C=O) groups is 1. The van der Waals surface area contributed by atoms with Crippen LogP contribution in [0.5, 0.6) is 11.5 Å². The van der Waals surface area contributed by atoms with Crippen molar-refractivity contribution < 1.29 is 14.3 Å². The molecule has 0 spiro atoms. The Hall–Kier alpha value is -1.22. The molecule has 0 radical (unpaired) electrons. The van der Waals surface area contributed by atoms with Gasteiger partial charge in [-0.3, -0.25) is 4.79 Å². The van der Waals surface area contributed by atoms with E-state index in [0.29, 0.717) is 35.1 Å². The lowest BCUT2D eigenvalue weighted by Gasteiger charge is -2.12. The van der Waals surface area contributed by atoms with E-state index in [-0.39, 0.29) is 5.78 Å². The van der Waals surface area contributed by atoms with Crippen LogP contribution in [0.1, 0.15) is 30.6 Å². The largest absolute Gasteiger partial charge is 0.495 e. The summed E-state index contributed by atoms with van der Waals surface area (Å²) in [5, 5.41) is 0.419. The Balaban J connectivity index is 3.24. The van der Waals surface area contributed by atoms with Crippen LogP contribution < -0.4 is 9.47 Å². The van der Waals surface area contributed by atoms with Crippen molar-refractivity contribution in [3.8, 4) is 11.5 Å². The van der Waals surface area contributed by atoms with Gasteiger partial charge in [-0.05, 0) is 13.0 Å². The number of halogens is 1. The summed E-state index contributed by atoms with van der Waals surface area (Å²) in [6.45, 7) is 4.16. The SMILES string of the molecule is CCOc1cc(OC)c(Cl)cc1C(=O)CC. The predicted octanol–water partition coefficient (Wildman–Crippen LogP) is 3.34. The lowest BCUT2D eigenvalue weighted by molar-refractivity contribution is 0.0984. The minimum atomic E-state index is 0.00741. The minimum absolute atomic E-state index is 0.00741.